The van der Waals surface area contributed by atoms with Crippen LogP contribution in [0.1, 0.15) is 25.0 Å². The standard InChI is InChI=1S/C59H42N2/c1-59(2)53-30-16-29-49(57(53)52-36-44-21-9-10-22-45(44)37-54(52)59)42-33-31-39(32-34-42)43-23-15-24-46(35-43)58-60-55(50-27-13-11-25-47(50)40-17-5-3-6-18-40)38-56(61-58)51-28-14-12-26-48(51)41-19-7-4-8-20-41/h3-38H,1-2H3. The summed E-state index contributed by atoms with van der Waals surface area (Å²) in [5.41, 5.74) is 19.5. The van der Waals surface area contributed by atoms with Gasteiger partial charge in [0.05, 0.1) is 11.4 Å². The molecule has 1 aliphatic rings. The highest BCUT2D eigenvalue weighted by molar-refractivity contribution is 5.99. The Kier molecular flexibility index (Phi) is 8.86. The number of fused-ring (bicyclic) bond motifs is 4. The average Bonchev–Trinajstić information content (AvgIpc) is 3.56. The molecule has 0 aliphatic heterocycles. The van der Waals surface area contributed by atoms with Crippen molar-refractivity contribution in [3.63, 3.8) is 0 Å². The molecule has 2 heteroatoms. The van der Waals surface area contributed by atoms with Crippen molar-refractivity contribution in [3.05, 3.63) is 230 Å². The van der Waals surface area contributed by atoms with E-state index in [-0.39, 0.29) is 5.41 Å². The zero-order chi connectivity index (χ0) is 40.9. The summed E-state index contributed by atoms with van der Waals surface area (Å²) >= 11 is 0. The summed E-state index contributed by atoms with van der Waals surface area (Å²) in [7, 11) is 0. The van der Waals surface area contributed by atoms with E-state index in [9.17, 15) is 0 Å². The third-order valence-corrected chi connectivity index (χ3v) is 12.5. The zero-order valence-corrected chi connectivity index (χ0v) is 34.2. The van der Waals surface area contributed by atoms with Crippen LogP contribution in [0.2, 0.25) is 0 Å². The summed E-state index contributed by atoms with van der Waals surface area (Å²) < 4.78 is 0. The van der Waals surface area contributed by atoms with Crippen LogP contribution in [0.15, 0.2) is 218 Å². The molecule has 0 radical (unpaired) electrons. The maximum atomic E-state index is 5.35. The molecule has 0 spiro atoms. The second kappa shape index (κ2) is 14.9. The molecule has 0 saturated carbocycles. The minimum Gasteiger partial charge on any atom is -0.228 e. The van der Waals surface area contributed by atoms with Gasteiger partial charge in [0.15, 0.2) is 5.82 Å². The summed E-state index contributed by atoms with van der Waals surface area (Å²) in [6.45, 7) is 4.72. The lowest BCUT2D eigenvalue weighted by molar-refractivity contribution is 0.661. The van der Waals surface area contributed by atoms with Gasteiger partial charge in [-0.3, -0.25) is 0 Å². The SMILES string of the molecule is CC1(C)c2cc3ccccc3cc2-c2c(-c3ccc(-c4cccc(-c5nc(-c6ccccc6-c6ccccc6)cc(-c6ccccc6-c6ccccc6)n5)c4)cc3)cccc21. The molecule has 9 aromatic carbocycles. The van der Waals surface area contributed by atoms with Crippen molar-refractivity contribution in [1.29, 1.82) is 0 Å². The lowest BCUT2D eigenvalue weighted by atomic mass is 9.81. The van der Waals surface area contributed by atoms with Gasteiger partial charge in [-0.15, -0.1) is 0 Å². The molecule has 61 heavy (non-hydrogen) atoms. The second-order valence-corrected chi connectivity index (χ2v) is 16.5. The van der Waals surface area contributed by atoms with E-state index in [0.29, 0.717) is 5.82 Å². The first-order chi connectivity index (χ1) is 30.0. The van der Waals surface area contributed by atoms with Gasteiger partial charge in [0.2, 0.25) is 0 Å². The Morgan fingerprint density at radius 1 is 0.295 bits per heavy atom. The Morgan fingerprint density at radius 2 is 0.754 bits per heavy atom. The highest BCUT2D eigenvalue weighted by Crippen LogP contribution is 2.53. The molecule has 0 bridgehead atoms. The van der Waals surface area contributed by atoms with E-state index in [1.54, 1.807) is 0 Å². The van der Waals surface area contributed by atoms with E-state index in [4.69, 9.17) is 9.97 Å². The Balaban J connectivity index is 1.01. The molecule has 1 heterocycles. The van der Waals surface area contributed by atoms with Crippen LogP contribution in [0.3, 0.4) is 0 Å². The van der Waals surface area contributed by atoms with E-state index in [0.717, 1.165) is 61.5 Å². The van der Waals surface area contributed by atoms with Crippen molar-refractivity contribution >= 4 is 10.8 Å². The quantitative estimate of drug-likeness (QED) is 0.161. The van der Waals surface area contributed by atoms with Gasteiger partial charge in [-0.1, -0.05) is 208 Å². The average molecular weight is 779 g/mol. The number of nitrogens with zero attached hydrogens (tertiary/aromatic N) is 2. The lowest BCUT2D eigenvalue weighted by Crippen LogP contribution is -2.14. The number of rotatable bonds is 7. The fourth-order valence-electron chi connectivity index (χ4n) is 9.40. The molecule has 0 fully saturated rings. The molecule has 288 valence electrons. The van der Waals surface area contributed by atoms with Crippen LogP contribution in [0.4, 0.5) is 0 Å². The van der Waals surface area contributed by atoms with Crippen molar-refractivity contribution in [3.8, 4) is 89.5 Å². The summed E-state index contributed by atoms with van der Waals surface area (Å²) in [6, 6.07) is 78.4. The van der Waals surface area contributed by atoms with Crippen LogP contribution in [0, 0.1) is 0 Å². The van der Waals surface area contributed by atoms with Gasteiger partial charge in [-0.05, 0) is 102 Å². The maximum Gasteiger partial charge on any atom is 0.160 e. The first kappa shape index (κ1) is 36.4. The van der Waals surface area contributed by atoms with E-state index < -0.39 is 0 Å². The van der Waals surface area contributed by atoms with Crippen molar-refractivity contribution < 1.29 is 0 Å². The third-order valence-electron chi connectivity index (χ3n) is 12.5. The number of benzene rings is 9. The largest absolute Gasteiger partial charge is 0.228 e. The maximum absolute atomic E-state index is 5.35. The molecule has 11 rings (SSSR count). The lowest BCUT2D eigenvalue weighted by Gasteiger charge is -2.22. The molecular formula is C59H42N2. The molecule has 10 aromatic rings. The molecule has 0 unspecified atom stereocenters. The predicted octanol–water partition coefficient (Wildman–Crippen LogP) is 15.6. The molecule has 0 amide bonds. The minimum absolute atomic E-state index is 0.0857. The van der Waals surface area contributed by atoms with Gasteiger partial charge in [-0.25, -0.2) is 9.97 Å². The van der Waals surface area contributed by atoms with Crippen molar-refractivity contribution in [2.75, 3.05) is 0 Å². The highest BCUT2D eigenvalue weighted by Gasteiger charge is 2.37. The predicted molar refractivity (Wildman–Crippen MR) is 255 cm³/mol. The zero-order valence-electron chi connectivity index (χ0n) is 34.2. The van der Waals surface area contributed by atoms with Crippen LogP contribution in [-0.4, -0.2) is 9.97 Å². The smallest absolute Gasteiger partial charge is 0.160 e. The summed E-state index contributed by atoms with van der Waals surface area (Å²) in [5, 5.41) is 2.56. The molecule has 0 N–H and O–H groups in total. The molecular weight excluding hydrogens is 737 g/mol. The summed E-state index contributed by atoms with van der Waals surface area (Å²) in [4.78, 5) is 10.7. The molecule has 1 aromatic heterocycles. The van der Waals surface area contributed by atoms with Gasteiger partial charge in [0, 0.05) is 22.1 Å². The van der Waals surface area contributed by atoms with Crippen LogP contribution in [-0.2, 0) is 5.41 Å². The monoisotopic (exact) mass is 778 g/mol. The van der Waals surface area contributed by atoms with Crippen molar-refractivity contribution in [2.45, 2.75) is 19.3 Å². The van der Waals surface area contributed by atoms with Crippen LogP contribution < -0.4 is 0 Å². The number of hydrogen-bond donors (Lipinski definition) is 0. The number of hydrogen-bond acceptors (Lipinski definition) is 2. The normalized spacial score (nSPS) is 12.6. The van der Waals surface area contributed by atoms with E-state index >= 15 is 0 Å². The van der Waals surface area contributed by atoms with Crippen LogP contribution >= 0.6 is 0 Å². The van der Waals surface area contributed by atoms with Gasteiger partial charge in [-0.2, -0.15) is 0 Å². The summed E-state index contributed by atoms with van der Waals surface area (Å²) in [6.07, 6.45) is 0. The van der Waals surface area contributed by atoms with Gasteiger partial charge in [0.25, 0.3) is 0 Å². The van der Waals surface area contributed by atoms with Gasteiger partial charge < -0.3 is 0 Å². The fourth-order valence-corrected chi connectivity index (χ4v) is 9.40. The van der Waals surface area contributed by atoms with Crippen LogP contribution in [0.25, 0.3) is 100 Å². The van der Waals surface area contributed by atoms with E-state index in [1.807, 2.05) is 0 Å². The Hall–Kier alpha value is -7.68. The molecule has 0 atom stereocenters. The topological polar surface area (TPSA) is 25.8 Å². The van der Waals surface area contributed by atoms with Crippen LogP contribution in [0.5, 0.6) is 0 Å². The Bertz CT molecular complexity index is 3150. The Labute approximate surface area is 357 Å². The summed E-state index contributed by atoms with van der Waals surface area (Å²) in [5.74, 6) is 0.686. The molecule has 1 aliphatic carbocycles. The van der Waals surface area contributed by atoms with E-state index in [2.05, 4.69) is 232 Å². The van der Waals surface area contributed by atoms with Crippen molar-refractivity contribution in [1.82, 2.24) is 9.97 Å². The van der Waals surface area contributed by atoms with Gasteiger partial charge in [0.1, 0.15) is 0 Å². The second-order valence-electron chi connectivity index (χ2n) is 16.5. The molecule has 0 saturated heterocycles. The first-order valence-corrected chi connectivity index (χ1v) is 21.1. The van der Waals surface area contributed by atoms with Gasteiger partial charge >= 0.3 is 0 Å². The highest BCUT2D eigenvalue weighted by atomic mass is 14.9. The minimum atomic E-state index is -0.0857. The first-order valence-electron chi connectivity index (χ1n) is 21.1. The Morgan fingerprint density at radius 3 is 1.38 bits per heavy atom. The molecule has 2 nitrogen and oxygen atoms in total. The number of aromatic nitrogens is 2. The van der Waals surface area contributed by atoms with Crippen molar-refractivity contribution in [2.24, 2.45) is 0 Å². The van der Waals surface area contributed by atoms with E-state index in [1.165, 1.54) is 44.2 Å². The third kappa shape index (κ3) is 6.45. The fraction of sp³-hybridized carbons (Fsp3) is 0.0508.